The van der Waals surface area contributed by atoms with E-state index in [1.807, 2.05) is 0 Å². The lowest BCUT2D eigenvalue weighted by Crippen LogP contribution is -2.13. The van der Waals surface area contributed by atoms with Gasteiger partial charge >= 0.3 is 0 Å². The summed E-state index contributed by atoms with van der Waals surface area (Å²) in [6, 6.07) is 10.8. The Labute approximate surface area is 188 Å². The molecule has 0 saturated heterocycles. The van der Waals surface area contributed by atoms with Gasteiger partial charge in [0, 0.05) is 12.1 Å². The molecular weight excluding hydrogens is 460 g/mol. The van der Waals surface area contributed by atoms with Gasteiger partial charge in [0.25, 0.3) is 10.0 Å². The Balaban J connectivity index is 1.67. The third kappa shape index (κ3) is 5.96. The van der Waals surface area contributed by atoms with Crippen LogP contribution in [0.2, 0.25) is 0 Å². The maximum atomic E-state index is 12.7. The van der Waals surface area contributed by atoms with E-state index in [1.54, 1.807) is 30.3 Å². The molecule has 3 aromatic rings. The van der Waals surface area contributed by atoms with E-state index in [-0.39, 0.29) is 4.90 Å². The highest BCUT2D eigenvalue weighted by Gasteiger charge is 2.15. The van der Waals surface area contributed by atoms with Crippen LogP contribution < -0.4 is 19.5 Å². The predicted molar refractivity (Wildman–Crippen MR) is 122 cm³/mol. The fourth-order valence-corrected chi connectivity index (χ4v) is 4.30. The lowest BCUT2D eigenvalue weighted by atomic mass is 10.2. The van der Waals surface area contributed by atoms with Gasteiger partial charge in [-0.1, -0.05) is 23.5 Å². The molecule has 3 rings (SSSR count). The summed E-state index contributed by atoms with van der Waals surface area (Å²) in [7, 11) is -0.853. The number of benzene rings is 2. The van der Waals surface area contributed by atoms with E-state index in [0.717, 1.165) is 11.3 Å². The highest BCUT2D eigenvalue weighted by molar-refractivity contribution is 7.92. The Morgan fingerprint density at radius 2 is 1.77 bits per heavy atom. The highest BCUT2D eigenvalue weighted by Crippen LogP contribution is 2.30. The van der Waals surface area contributed by atoms with Crippen LogP contribution in [0.25, 0.3) is 6.08 Å². The molecule has 0 bridgehead atoms. The van der Waals surface area contributed by atoms with Crippen LogP contribution in [0.5, 0.6) is 11.5 Å². The third-order valence-corrected chi connectivity index (χ3v) is 6.30. The molecule has 162 valence electrons. The smallest absolute Gasteiger partial charge is 0.261 e. The predicted octanol–water partition coefficient (Wildman–Crippen LogP) is 3.30. The Kier molecular flexibility index (Phi) is 7.15. The fraction of sp³-hybridized carbons (Fsp3) is 0.105. The summed E-state index contributed by atoms with van der Waals surface area (Å²) >= 11 is 5.16. The molecule has 0 aliphatic heterocycles. The minimum absolute atomic E-state index is 0.0686. The highest BCUT2D eigenvalue weighted by atomic mass is 32.2. The molecular formula is C19H18N4O5S3. The van der Waals surface area contributed by atoms with Crippen molar-refractivity contribution >= 4 is 56.8 Å². The number of anilines is 2. The number of nitrogens with zero attached hydrogens (tertiary/aromatic N) is 2. The Morgan fingerprint density at radius 3 is 2.39 bits per heavy atom. The molecule has 1 amide bonds. The van der Waals surface area contributed by atoms with Crippen molar-refractivity contribution in [3.8, 4) is 11.5 Å². The van der Waals surface area contributed by atoms with E-state index in [4.69, 9.17) is 9.47 Å². The van der Waals surface area contributed by atoms with Crippen molar-refractivity contribution in [2.45, 2.75) is 9.24 Å². The maximum absolute atomic E-state index is 12.7. The monoisotopic (exact) mass is 478 g/mol. The van der Waals surface area contributed by atoms with Gasteiger partial charge in [0.2, 0.25) is 11.0 Å². The number of sulfonamides is 1. The SMILES string of the molecule is COc1ccc(NS(=O)(=O)c2ccc(/C=C/C(=O)Nc3nnc(S)s3)cc2)cc1OC. The van der Waals surface area contributed by atoms with Crippen molar-refractivity contribution in [2.75, 3.05) is 24.3 Å². The van der Waals surface area contributed by atoms with Crippen LogP contribution in [0, 0.1) is 0 Å². The van der Waals surface area contributed by atoms with E-state index in [1.165, 1.54) is 38.5 Å². The van der Waals surface area contributed by atoms with Crippen LogP contribution in [0.3, 0.4) is 0 Å². The summed E-state index contributed by atoms with van der Waals surface area (Å²) in [5.41, 5.74) is 0.978. The average molecular weight is 479 g/mol. The molecule has 0 fully saturated rings. The van der Waals surface area contributed by atoms with Crippen LogP contribution in [0.1, 0.15) is 5.56 Å². The molecule has 2 N–H and O–H groups in total. The summed E-state index contributed by atoms with van der Waals surface area (Å²) < 4.78 is 38.6. The van der Waals surface area contributed by atoms with Gasteiger partial charge in [-0.2, -0.15) is 0 Å². The topological polar surface area (TPSA) is 120 Å². The summed E-state index contributed by atoms with van der Waals surface area (Å²) in [5.74, 6) is 0.500. The van der Waals surface area contributed by atoms with E-state index in [2.05, 4.69) is 32.9 Å². The van der Waals surface area contributed by atoms with Gasteiger partial charge in [-0.25, -0.2) is 8.42 Å². The molecule has 2 aromatic carbocycles. The lowest BCUT2D eigenvalue weighted by molar-refractivity contribution is -0.111. The molecule has 0 atom stereocenters. The van der Waals surface area contributed by atoms with Crippen LogP contribution in [0.15, 0.2) is 57.8 Å². The second-order valence-electron chi connectivity index (χ2n) is 5.96. The quantitative estimate of drug-likeness (QED) is 0.258. The average Bonchev–Trinajstić information content (AvgIpc) is 3.16. The first-order valence-corrected chi connectivity index (χ1v) is 11.4. The van der Waals surface area contributed by atoms with Gasteiger partial charge in [0.1, 0.15) is 0 Å². The molecule has 0 radical (unpaired) electrons. The molecule has 0 spiro atoms. The number of aromatic nitrogens is 2. The molecule has 0 aliphatic carbocycles. The van der Waals surface area contributed by atoms with E-state index < -0.39 is 15.9 Å². The Bertz CT molecular complexity index is 1210. The standard InChI is InChI=1S/C19H18N4O5S3/c1-27-15-9-6-13(11-16(15)28-2)23-31(25,26)14-7-3-12(4-8-14)5-10-17(24)20-18-21-22-19(29)30-18/h3-11,23H,1-2H3,(H,22,29)(H,20,21,24)/b10-5+. The fourth-order valence-electron chi connectivity index (χ4n) is 2.46. The first-order valence-electron chi connectivity index (χ1n) is 8.67. The van der Waals surface area contributed by atoms with Crippen molar-refractivity contribution in [2.24, 2.45) is 0 Å². The van der Waals surface area contributed by atoms with Gasteiger partial charge in [0.05, 0.1) is 24.8 Å². The number of rotatable bonds is 8. The summed E-state index contributed by atoms with van der Waals surface area (Å²) in [6.45, 7) is 0. The first-order chi connectivity index (χ1) is 14.8. The second kappa shape index (κ2) is 9.81. The largest absolute Gasteiger partial charge is 0.493 e. The van der Waals surface area contributed by atoms with Crippen molar-refractivity contribution in [1.82, 2.24) is 10.2 Å². The molecule has 9 nitrogen and oxygen atoms in total. The van der Waals surface area contributed by atoms with Crippen molar-refractivity contribution in [3.63, 3.8) is 0 Å². The maximum Gasteiger partial charge on any atom is 0.261 e. The number of methoxy groups -OCH3 is 2. The zero-order valence-corrected chi connectivity index (χ0v) is 18.9. The zero-order chi connectivity index (χ0) is 22.4. The number of carbonyl (C=O) groups excluding carboxylic acids is 1. The van der Waals surface area contributed by atoms with Crippen LogP contribution >= 0.6 is 24.0 Å². The van der Waals surface area contributed by atoms with Crippen LogP contribution in [0.4, 0.5) is 10.8 Å². The van der Waals surface area contributed by atoms with Crippen LogP contribution in [-0.2, 0) is 14.8 Å². The minimum Gasteiger partial charge on any atom is -0.493 e. The Morgan fingerprint density at radius 1 is 1.06 bits per heavy atom. The molecule has 31 heavy (non-hydrogen) atoms. The summed E-state index contributed by atoms with van der Waals surface area (Å²) in [5, 5.41) is 10.3. The van der Waals surface area contributed by atoms with Crippen LogP contribution in [-0.4, -0.2) is 38.7 Å². The van der Waals surface area contributed by atoms with Crippen molar-refractivity contribution < 1.29 is 22.7 Å². The summed E-state index contributed by atoms with van der Waals surface area (Å²) in [4.78, 5) is 12.0. The first kappa shape index (κ1) is 22.6. The van der Waals surface area contributed by atoms with Gasteiger partial charge in [-0.3, -0.25) is 14.8 Å². The van der Waals surface area contributed by atoms with E-state index in [0.29, 0.717) is 32.2 Å². The third-order valence-electron chi connectivity index (χ3n) is 3.90. The van der Waals surface area contributed by atoms with Crippen molar-refractivity contribution in [3.05, 3.63) is 54.1 Å². The molecule has 0 saturated carbocycles. The lowest BCUT2D eigenvalue weighted by Gasteiger charge is -2.12. The van der Waals surface area contributed by atoms with Gasteiger partial charge < -0.3 is 9.47 Å². The number of carbonyl (C=O) groups is 1. The normalized spacial score (nSPS) is 11.3. The van der Waals surface area contributed by atoms with E-state index >= 15 is 0 Å². The molecule has 1 aromatic heterocycles. The number of amides is 1. The van der Waals surface area contributed by atoms with Gasteiger partial charge in [0.15, 0.2) is 15.8 Å². The Hall–Kier alpha value is -3.09. The number of hydrogen-bond donors (Lipinski definition) is 3. The molecule has 1 heterocycles. The van der Waals surface area contributed by atoms with E-state index in [9.17, 15) is 13.2 Å². The molecule has 12 heteroatoms. The summed E-state index contributed by atoms with van der Waals surface area (Å²) in [6.07, 6.45) is 2.86. The zero-order valence-electron chi connectivity index (χ0n) is 16.4. The van der Waals surface area contributed by atoms with Gasteiger partial charge in [-0.15, -0.1) is 22.8 Å². The number of hydrogen-bond acceptors (Lipinski definition) is 9. The minimum atomic E-state index is -3.82. The number of ether oxygens (including phenoxy) is 2. The second-order valence-corrected chi connectivity index (χ2v) is 9.34. The molecule has 0 aliphatic rings. The number of thiol groups is 1. The van der Waals surface area contributed by atoms with Crippen molar-refractivity contribution in [1.29, 1.82) is 0 Å². The number of nitrogens with one attached hydrogen (secondary N) is 2. The molecule has 0 unspecified atom stereocenters. The van der Waals surface area contributed by atoms with Gasteiger partial charge in [-0.05, 0) is 35.9 Å².